The van der Waals surface area contributed by atoms with Crippen LogP contribution < -0.4 is 15.8 Å². The number of hydrogen-bond donors (Lipinski definition) is 2. The summed E-state index contributed by atoms with van der Waals surface area (Å²) in [5, 5.41) is 6.39. The van der Waals surface area contributed by atoms with E-state index in [1.54, 1.807) is 24.6 Å². The minimum Gasteiger partial charge on any atom is -0.497 e. The largest absolute Gasteiger partial charge is 0.497 e. The molecule has 2 aromatic rings. The van der Waals surface area contributed by atoms with E-state index in [1.165, 1.54) is 0 Å². The van der Waals surface area contributed by atoms with E-state index in [1.807, 2.05) is 23.6 Å². The normalized spacial score (nSPS) is 11.3. The van der Waals surface area contributed by atoms with Gasteiger partial charge < -0.3 is 15.8 Å². The van der Waals surface area contributed by atoms with Crippen LogP contribution in [0.25, 0.3) is 0 Å². The second-order valence-electron chi connectivity index (χ2n) is 4.54. The van der Waals surface area contributed by atoms with Crippen LogP contribution in [0, 0.1) is 0 Å². The highest BCUT2D eigenvalue weighted by Gasteiger charge is 2.23. The number of benzene rings is 1. The summed E-state index contributed by atoms with van der Waals surface area (Å²) in [7, 11) is 1.64. The summed E-state index contributed by atoms with van der Waals surface area (Å²) in [4.78, 5) is 4.34. The van der Waals surface area contributed by atoms with Crippen LogP contribution in [0.5, 0.6) is 5.75 Å². The Kier molecular flexibility index (Phi) is 3.43. The molecular weight excluding hydrogens is 246 g/mol. The van der Waals surface area contributed by atoms with Crippen LogP contribution in [-0.2, 0) is 5.54 Å². The summed E-state index contributed by atoms with van der Waals surface area (Å²) in [6, 6.07) is 5.57. The number of thiazole rings is 1. The summed E-state index contributed by atoms with van der Waals surface area (Å²) in [6.07, 6.45) is 1.80. The first kappa shape index (κ1) is 12.7. The van der Waals surface area contributed by atoms with Crippen molar-refractivity contribution in [3.63, 3.8) is 0 Å². The van der Waals surface area contributed by atoms with Gasteiger partial charge in [-0.05, 0) is 26.0 Å². The van der Waals surface area contributed by atoms with Crippen LogP contribution in [0.4, 0.5) is 11.4 Å². The molecule has 4 nitrogen and oxygen atoms in total. The Hall–Kier alpha value is -1.75. The van der Waals surface area contributed by atoms with E-state index >= 15 is 0 Å². The van der Waals surface area contributed by atoms with Gasteiger partial charge in [0.1, 0.15) is 10.8 Å². The second kappa shape index (κ2) is 4.86. The Balaban J connectivity index is 2.28. The van der Waals surface area contributed by atoms with Crippen LogP contribution >= 0.6 is 11.3 Å². The fourth-order valence-corrected chi connectivity index (χ4v) is 2.41. The van der Waals surface area contributed by atoms with Gasteiger partial charge >= 0.3 is 0 Å². The molecule has 0 saturated carbocycles. The third-order valence-corrected chi connectivity index (χ3v) is 3.77. The van der Waals surface area contributed by atoms with E-state index < -0.39 is 0 Å². The second-order valence-corrected chi connectivity index (χ2v) is 5.44. The Morgan fingerprint density at radius 1 is 1.39 bits per heavy atom. The highest BCUT2D eigenvalue weighted by Crippen LogP contribution is 2.32. The minimum absolute atomic E-state index is 0.269. The lowest BCUT2D eigenvalue weighted by Gasteiger charge is -2.26. The molecule has 1 aromatic heterocycles. The number of ether oxygens (including phenoxy) is 1. The quantitative estimate of drug-likeness (QED) is 0.832. The number of nitrogens with zero attached hydrogens (tertiary/aromatic N) is 1. The van der Waals surface area contributed by atoms with Crippen LogP contribution in [0.3, 0.4) is 0 Å². The van der Waals surface area contributed by atoms with Crippen molar-refractivity contribution in [3.05, 3.63) is 34.8 Å². The van der Waals surface area contributed by atoms with E-state index in [2.05, 4.69) is 24.1 Å². The fraction of sp³-hybridized carbons (Fsp3) is 0.308. The van der Waals surface area contributed by atoms with Crippen molar-refractivity contribution in [2.45, 2.75) is 19.4 Å². The number of nitrogens with two attached hydrogens (primary N) is 1. The van der Waals surface area contributed by atoms with E-state index in [0.29, 0.717) is 5.69 Å². The number of anilines is 2. The first-order chi connectivity index (χ1) is 8.53. The molecule has 1 heterocycles. The molecule has 0 spiro atoms. The van der Waals surface area contributed by atoms with Gasteiger partial charge in [0.25, 0.3) is 0 Å². The van der Waals surface area contributed by atoms with Gasteiger partial charge in [-0.1, -0.05) is 0 Å². The third kappa shape index (κ3) is 2.56. The summed E-state index contributed by atoms with van der Waals surface area (Å²) < 4.78 is 5.21. The molecular formula is C13H17N3OS. The smallest absolute Gasteiger partial charge is 0.121 e. The summed E-state index contributed by atoms with van der Waals surface area (Å²) in [6.45, 7) is 4.15. The predicted molar refractivity (Wildman–Crippen MR) is 76.2 cm³/mol. The molecule has 0 fully saturated rings. The van der Waals surface area contributed by atoms with Gasteiger partial charge in [-0.15, -0.1) is 11.3 Å². The number of nitrogens with one attached hydrogen (secondary N) is 1. The Bertz CT molecular complexity index is 523. The number of rotatable bonds is 4. The number of methoxy groups -OCH3 is 1. The van der Waals surface area contributed by atoms with Gasteiger partial charge in [0.15, 0.2) is 0 Å². The first-order valence-corrected chi connectivity index (χ1v) is 6.52. The molecule has 0 amide bonds. The first-order valence-electron chi connectivity index (χ1n) is 5.64. The molecule has 96 valence electrons. The lowest BCUT2D eigenvalue weighted by molar-refractivity contribution is 0.415. The maximum absolute atomic E-state index is 5.97. The van der Waals surface area contributed by atoms with Crippen molar-refractivity contribution in [2.24, 2.45) is 0 Å². The molecule has 0 aliphatic rings. The topological polar surface area (TPSA) is 60.2 Å². The number of hydrogen-bond acceptors (Lipinski definition) is 5. The van der Waals surface area contributed by atoms with Crippen molar-refractivity contribution in [1.82, 2.24) is 4.98 Å². The fourth-order valence-electron chi connectivity index (χ4n) is 1.69. The molecule has 2 rings (SSSR count). The van der Waals surface area contributed by atoms with Crippen molar-refractivity contribution in [1.29, 1.82) is 0 Å². The van der Waals surface area contributed by atoms with Crippen molar-refractivity contribution in [2.75, 3.05) is 18.2 Å². The number of aromatic nitrogens is 1. The molecule has 0 bridgehead atoms. The van der Waals surface area contributed by atoms with E-state index in [4.69, 9.17) is 10.5 Å². The zero-order chi connectivity index (χ0) is 13.2. The Morgan fingerprint density at radius 3 is 2.78 bits per heavy atom. The van der Waals surface area contributed by atoms with Gasteiger partial charge in [0, 0.05) is 17.6 Å². The van der Waals surface area contributed by atoms with Gasteiger partial charge in [0.05, 0.1) is 24.0 Å². The molecule has 3 N–H and O–H groups in total. The molecule has 0 aliphatic heterocycles. The van der Waals surface area contributed by atoms with Gasteiger partial charge in [0.2, 0.25) is 0 Å². The van der Waals surface area contributed by atoms with Crippen molar-refractivity contribution in [3.8, 4) is 5.75 Å². The average molecular weight is 263 g/mol. The van der Waals surface area contributed by atoms with Crippen LogP contribution in [0.2, 0.25) is 0 Å². The molecule has 18 heavy (non-hydrogen) atoms. The molecule has 0 radical (unpaired) electrons. The lowest BCUT2D eigenvalue weighted by atomic mass is 10.1. The van der Waals surface area contributed by atoms with Crippen LogP contribution in [0.1, 0.15) is 18.9 Å². The maximum atomic E-state index is 5.97. The summed E-state index contributed by atoms with van der Waals surface area (Å²) >= 11 is 1.62. The maximum Gasteiger partial charge on any atom is 0.121 e. The predicted octanol–water partition coefficient (Wildman–Crippen LogP) is 3.08. The van der Waals surface area contributed by atoms with Gasteiger partial charge in [-0.2, -0.15) is 0 Å². The average Bonchev–Trinajstić information content (AvgIpc) is 2.86. The standard InChI is InChI=1S/C13H17N3OS/c1-13(2,12-15-6-7-18-12)16-11-8-9(17-3)4-5-10(11)14/h4-8,16H,14H2,1-3H3. The molecule has 5 heteroatoms. The van der Waals surface area contributed by atoms with Crippen molar-refractivity contribution >= 4 is 22.7 Å². The molecule has 0 aliphatic carbocycles. The molecule has 0 unspecified atom stereocenters. The number of nitrogen functional groups attached to an aromatic ring is 1. The van der Waals surface area contributed by atoms with Gasteiger partial charge in [-0.25, -0.2) is 4.98 Å². The van der Waals surface area contributed by atoms with E-state index in [-0.39, 0.29) is 5.54 Å². The van der Waals surface area contributed by atoms with Crippen LogP contribution in [-0.4, -0.2) is 12.1 Å². The summed E-state index contributed by atoms with van der Waals surface area (Å²) in [5.41, 5.74) is 7.25. The minimum atomic E-state index is -0.269. The Morgan fingerprint density at radius 2 is 2.17 bits per heavy atom. The highest BCUT2D eigenvalue weighted by atomic mass is 32.1. The lowest BCUT2D eigenvalue weighted by Crippen LogP contribution is -2.28. The van der Waals surface area contributed by atoms with E-state index in [0.717, 1.165) is 16.4 Å². The van der Waals surface area contributed by atoms with Gasteiger partial charge in [-0.3, -0.25) is 0 Å². The zero-order valence-electron chi connectivity index (χ0n) is 10.7. The van der Waals surface area contributed by atoms with Crippen LogP contribution in [0.15, 0.2) is 29.8 Å². The zero-order valence-corrected chi connectivity index (χ0v) is 11.5. The van der Waals surface area contributed by atoms with E-state index in [9.17, 15) is 0 Å². The molecule has 1 aromatic carbocycles. The van der Waals surface area contributed by atoms with Crippen molar-refractivity contribution < 1.29 is 4.74 Å². The summed E-state index contributed by atoms with van der Waals surface area (Å²) in [5.74, 6) is 0.779. The third-order valence-electron chi connectivity index (χ3n) is 2.67. The molecule has 0 saturated heterocycles. The Labute approximate surface area is 111 Å². The molecule has 0 atom stereocenters. The highest BCUT2D eigenvalue weighted by molar-refractivity contribution is 7.09. The monoisotopic (exact) mass is 263 g/mol. The SMILES string of the molecule is COc1ccc(N)c(NC(C)(C)c2nccs2)c1.